The van der Waals surface area contributed by atoms with E-state index in [0.29, 0.717) is 11.6 Å². The monoisotopic (exact) mass is 248 g/mol. The van der Waals surface area contributed by atoms with Gasteiger partial charge in [-0.15, -0.1) is 11.3 Å². The summed E-state index contributed by atoms with van der Waals surface area (Å²) < 4.78 is 0. The van der Waals surface area contributed by atoms with E-state index < -0.39 is 0 Å². The van der Waals surface area contributed by atoms with Crippen LogP contribution in [-0.4, -0.2) is 0 Å². The predicted octanol–water partition coefficient (Wildman–Crippen LogP) is 3.89. The van der Waals surface area contributed by atoms with Gasteiger partial charge in [-0.1, -0.05) is 23.7 Å². The highest BCUT2D eigenvalue weighted by molar-refractivity contribution is 7.12. The third-order valence-electron chi connectivity index (χ3n) is 2.10. The zero-order chi connectivity index (χ0) is 11.4. The molecule has 1 heterocycles. The van der Waals surface area contributed by atoms with Crippen LogP contribution in [-0.2, 0) is 6.54 Å². The summed E-state index contributed by atoms with van der Waals surface area (Å²) in [6, 6.07) is 13.5. The molecule has 0 spiro atoms. The van der Waals surface area contributed by atoms with Crippen LogP contribution in [0.15, 0.2) is 36.4 Å². The third kappa shape index (κ3) is 2.54. The van der Waals surface area contributed by atoms with Crippen molar-refractivity contribution in [3.8, 4) is 6.07 Å². The Morgan fingerprint density at radius 2 is 2.06 bits per heavy atom. The first-order valence-corrected chi connectivity index (χ1v) is 5.96. The fourth-order valence-electron chi connectivity index (χ4n) is 1.32. The molecule has 16 heavy (non-hydrogen) atoms. The maximum absolute atomic E-state index is 8.70. The second-order valence-corrected chi connectivity index (χ2v) is 4.79. The number of thiophene rings is 1. The Balaban J connectivity index is 2.03. The lowest BCUT2D eigenvalue weighted by Gasteiger charge is -2.05. The second-order valence-electron chi connectivity index (χ2n) is 3.21. The lowest BCUT2D eigenvalue weighted by molar-refractivity contribution is 1.19. The molecule has 2 rings (SSSR count). The summed E-state index contributed by atoms with van der Waals surface area (Å²) in [5, 5.41) is 12.6. The zero-order valence-electron chi connectivity index (χ0n) is 8.40. The highest BCUT2D eigenvalue weighted by Crippen LogP contribution is 2.22. The summed E-state index contributed by atoms with van der Waals surface area (Å²) in [6.07, 6.45) is 0. The van der Waals surface area contributed by atoms with Crippen LogP contribution in [0.4, 0.5) is 5.69 Å². The molecule has 0 atom stereocenters. The first kappa shape index (κ1) is 11.0. The fraction of sp³-hybridized carbons (Fsp3) is 0.0833. The molecule has 0 aliphatic rings. The van der Waals surface area contributed by atoms with E-state index in [9.17, 15) is 0 Å². The van der Waals surface area contributed by atoms with Crippen LogP contribution in [0.3, 0.4) is 0 Å². The number of benzene rings is 1. The Hall–Kier alpha value is -1.50. The van der Waals surface area contributed by atoms with E-state index in [1.807, 2.05) is 36.4 Å². The molecule has 0 bridgehead atoms. The van der Waals surface area contributed by atoms with E-state index in [1.54, 1.807) is 0 Å². The van der Waals surface area contributed by atoms with Crippen LogP contribution in [0.2, 0.25) is 5.02 Å². The van der Waals surface area contributed by atoms with Crippen molar-refractivity contribution in [3.05, 3.63) is 51.2 Å². The van der Waals surface area contributed by atoms with Crippen molar-refractivity contribution in [3.63, 3.8) is 0 Å². The molecule has 2 nitrogen and oxygen atoms in total. The molecule has 1 aromatic carbocycles. The number of rotatable bonds is 3. The van der Waals surface area contributed by atoms with Gasteiger partial charge in [0.05, 0.1) is 10.7 Å². The summed E-state index contributed by atoms with van der Waals surface area (Å²) in [7, 11) is 0. The maximum Gasteiger partial charge on any atom is 0.110 e. The first-order valence-electron chi connectivity index (χ1n) is 4.77. The number of hydrogen-bond donors (Lipinski definition) is 1. The summed E-state index contributed by atoms with van der Waals surface area (Å²) in [6.45, 7) is 0.691. The lowest BCUT2D eigenvalue weighted by Crippen LogP contribution is -1.97. The summed E-state index contributed by atoms with van der Waals surface area (Å²) in [4.78, 5) is 1.85. The number of anilines is 1. The van der Waals surface area contributed by atoms with Gasteiger partial charge in [0.1, 0.15) is 10.9 Å². The van der Waals surface area contributed by atoms with Crippen molar-refractivity contribution >= 4 is 28.6 Å². The van der Waals surface area contributed by atoms with Crippen molar-refractivity contribution in [2.75, 3.05) is 5.32 Å². The van der Waals surface area contributed by atoms with Crippen LogP contribution < -0.4 is 5.32 Å². The molecule has 4 heteroatoms. The van der Waals surface area contributed by atoms with Crippen molar-refractivity contribution in [2.45, 2.75) is 6.54 Å². The van der Waals surface area contributed by atoms with Gasteiger partial charge in [-0.05, 0) is 24.3 Å². The van der Waals surface area contributed by atoms with Gasteiger partial charge in [0, 0.05) is 11.4 Å². The second kappa shape index (κ2) is 5.02. The Bertz CT molecular complexity index is 528. The number of nitrogens with zero attached hydrogens (tertiary/aromatic N) is 1. The number of nitrogens with one attached hydrogen (secondary N) is 1. The molecule has 0 saturated heterocycles. The SMILES string of the molecule is N#Cc1ccc(CNc2ccccc2Cl)s1. The van der Waals surface area contributed by atoms with Crippen LogP contribution in [0, 0.1) is 11.3 Å². The lowest BCUT2D eigenvalue weighted by atomic mass is 10.3. The number of hydrogen-bond acceptors (Lipinski definition) is 3. The standard InChI is InChI=1S/C12H9ClN2S/c13-11-3-1-2-4-12(11)15-8-10-6-5-9(7-14)16-10/h1-6,15H,8H2. The molecule has 0 radical (unpaired) electrons. The quantitative estimate of drug-likeness (QED) is 0.895. The van der Waals surface area contributed by atoms with Crippen LogP contribution >= 0.6 is 22.9 Å². The Morgan fingerprint density at radius 1 is 1.25 bits per heavy atom. The van der Waals surface area contributed by atoms with Gasteiger partial charge in [0.15, 0.2) is 0 Å². The van der Waals surface area contributed by atoms with Crippen molar-refractivity contribution < 1.29 is 0 Å². The zero-order valence-corrected chi connectivity index (χ0v) is 9.98. The van der Waals surface area contributed by atoms with Gasteiger partial charge in [0.25, 0.3) is 0 Å². The average Bonchev–Trinajstić information content (AvgIpc) is 2.76. The van der Waals surface area contributed by atoms with Crippen LogP contribution in [0.25, 0.3) is 0 Å². The van der Waals surface area contributed by atoms with E-state index in [0.717, 1.165) is 15.4 Å². The molecule has 2 aromatic rings. The van der Waals surface area contributed by atoms with E-state index in [2.05, 4.69) is 11.4 Å². The van der Waals surface area contributed by atoms with Crippen molar-refractivity contribution in [1.82, 2.24) is 0 Å². The van der Waals surface area contributed by atoms with Gasteiger partial charge in [-0.2, -0.15) is 5.26 Å². The molecular formula is C12H9ClN2S. The Labute approximate surface area is 103 Å². The molecular weight excluding hydrogens is 240 g/mol. The van der Waals surface area contributed by atoms with Gasteiger partial charge in [0.2, 0.25) is 0 Å². The van der Waals surface area contributed by atoms with Gasteiger partial charge in [-0.25, -0.2) is 0 Å². The molecule has 0 amide bonds. The molecule has 1 N–H and O–H groups in total. The maximum atomic E-state index is 8.70. The van der Waals surface area contributed by atoms with E-state index in [1.165, 1.54) is 11.3 Å². The average molecular weight is 249 g/mol. The first-order chi connectivity index (χ1) is 7.79. The van der Waals surface area contributed by atoms with Crippen molar-refractivity contribution in [1.29, 1.82) is 5.26 Å². The van der Waals surface area contributed by atoms with Gasteiger partial charge < -0.3 is 5.32 Å². The molecule has 0 aliphatic carbocycles. The summed E-state index contributed by atoms with van der Waals surface area (Å²) in [5.74, 6) is 0. The normalized spacial score (nSPS) is 9.75. The minimum absolute atomic E-state index is 0.691. The smallest absolute Gasteiger partial charge is 0.110 e. The minimum Gasteiger partial charge on any atom is -0.379 e. The minimum atomic E-state index is 0.691. The number of para-hydroxylation sites is 1. The highest BCUT2D eigenvalue weighted by Gasteiger charge is 2.01. The van der Waals surface area contributed by atoms with E-state index >= 15 is 0 Å². The van der Waals surface area contributed by atoms with Crippen LogP contribution in [0.1, 0.15) is 9.75 Å². The molecule has 0 fully saturated rings. The largest absolute Gasteiger partial charge is 0.379 e. The van der Waals surface area contributed by atoms with Crippen molar-refractivity contribution in [2.24, 2.45) is 0 Å². The number of nitriles is 1. The molecule has 0 aliphatic heterocycles. The summed E-state index contributed by atoms with van der Waals surface area (Å²) >= 11 is 7.50. The van der Waals surface area contributed by atoms with Gasteiger partial charge in [-0.3, -0.25) is 0 Å². The van der Waals surface area contributed by atoms with Crippen LogP contribution in [0.5, 0.6) is 0 Å². The molecule has 1 aromatic heterocycles. The number of halogens is 1. The van der Waals surface area contributed by atoms with E-state index in [4.69, 9.17) is 16.9 Å². The summed E-state index contributed by atoms with van der Waals surface area (Å²) in [5.41, 5.74) is 0.913. The molecule has 0 unspecified atom stereocenters. The van der Waals surface area contributed by atoms with Gasteiger partial charge >= 0.3 is 0 Å². The highest BCUT2D eigenvalue weighted by atomic mass is 35.5. The Morgan fingerprint density at radius 3 is 2.75 bits per heavy atom. The predicted molar refractivity (Wildman–Crippen MR) is 67.8 cm³/mol. The molecule has 80 valence electrons. The third-order valence-corrected chi connectivity index (χ3v) is 3.42. The molecule has 0 saturated carbocycles. The Kier molecular flexibility index (Phi) is 3.45. The van der Waals surface area contributed by atoms with E-state index in [-0.39, 0.29) is 0 Å². The fourth-order valence-corrected chi connectivity index (χ4v) is 2.27. The topological polar surface area (TPSA) is 35.8 Å².